The van der Waals surface area contributed by atoms with E-state index in [-0.39, 0.29) is 33.8 Å². The van der Waals surface area contributed by atoms with E-state index in [1.54, 1.807) is 11.0 Å². The van der Waals surface area contributed by atoms with Gasteiger partial charge in [0.15, 0.2) is 11.5 Å². The third-order valence-corrected chi connectivity index (χ3v) is 8.92. The molecule has 0 unspecified atom stereocenters. The third-order valence-electron chi connectivity index (χ3n) is 5.72. The number of amides is 3. The molecule has 2 aliphatic rings. The Bertz CT molecular complexity index is 1370. The zero-order valence-electron chi connectivity index (χ0n) is 19.6. The number of thioether (sulfide) groups is 1. The number of likely N-dealkylation sites (tertiary alicyclic amines) is 1. The lowest BCUT2D eigenvalue weighted by molar-refractivity contribution is -0.136. The van der Waals surface area contributed by atoms with Crippen LogP contribution in [0, 0.1) is 3.57 Å². The molecule has 3 amide bonds. The topological polar surface area (TPSA) is 110 Å². The van der Waals surface area contributed by atoms with Crippen LogP contribution in [0.4, 0.5) is 4.79 Å². The highest BCUT2D eigenvalue weighted by Crippen LogP contribution is 2.38. The van der Waals surface area contributed by atoms with E-state index in [9.17, 15) is 22.8 Å². The van der Waals surface area contributed by atoms with Crippen LogP contribution in [0.15, 0.2) is 46.2 Å². The van der Waals surface area contributed by atoms with Crippen molar-refractivity contribution < 1.29 is 31.7 Å². The van der Waals surface area contributed by atoms with Gasteiger partial charge in [-0.05, 0) is 102 Å². The van der Waals surface area contributed by atoms with Crippen molar-refractivity contribution in [1.82, 2.24) is 9.80 Å². The third kappa shape index (κ3) is 6.41. The first-order chi connectivity index (χ1) is 17.6. The summed E-state index contributed by atoms with van der Waals surface area (Å²) in [6.07, 6.45) is 4.38. The second-order valence-electron chi connectivity index (χ2n) is 8.23. The molecule has 0 atom stereocenters. The van der Waals surface area contributed by atoms with Crippen LogP contribution >= 0.6 is 46.0 Å². The minimum atomic E-state index is -4.17. The minimum Gasteiger partial charge on any atom is -0.493 e. The summed E-state index contributed by atoms with van der Waals surface area (Å²) in [4.78, 5) is 40.7. The molecule has 37 heavy (non-hydrogen) atoms. The van der Waals surface area contributed by atoms with Crippen molar-refractivity contribution in [2.75, 3.05) is 26.7 Å². The molecule has 0 saturated carbocycles. The molecular weight excluding hydrogens is 655 g/mol. The van der Waals surface area contributed by atoms with E-state index in [1.807, 2.05) is 22.6 Å². The standard InChI is InChI=1S/C24H22ClIN2O7S2/c1-34-19-12-15(11-18(26)22(19)35-37(32,33)17-7-5-16(25)6-8-17)13-20-23(30)28(24(31)36-20)14-21(29)27-9-3-2-4-10-27/h5-8,11-13H,2-4,9-10,14H2,1H3/b20-13-. The largest absolute Gasteiger partial charge is 0.493 e. The van der Waals surface area contributed by atoms with E-state index in [4.69, 9.17) is 20.5 Å². The van der Waals surface area contributed by atoms with E-state index in [1.165, 1.54) is 43.5 Å². The van der Waals surface area contributed by atoms with Gasteiger partial charge in [-0.2, -0.15) is 8.42 Å². The molecule has 2 aliphatic heterocycles. The molecule has 2 aromatic carbocycles. The second kappa shape index (κ2) is 11.6. The first-order valence-electron chi connectivity index (χ1n) is 11.2. The van der Waals surface area contributed by atoms with Gasteiger partial charge in [-0.15, -0.1) is 0 Å². The summed E-state index contributed by atoms with van der Waals surface area (Å²) in [6, 6.07) is 8.64. The van der Waals surface area contributed by atoms with Crippen molar-refractivity contribution in [3.63, 3.8) is 0 Å². The average Bonchev–Trinajstić information content (AvgIpc) is 3.13. The van der Waals surface area contributed by atoms with Crippen LogP contribution in [0.2, 0.25) is 5.02 Å². The van der Waals surface area contributed by atoms with Crippen LogP contribution in [-0.4, -0.2) is 62.0 Å². The van der Waals surface area contributed by atoms with Crippen LogP contribution in [0.5, 0.6) is 11.5 Å². The van der Waals surface area contributed by atoms with Gasteiger partial charge in [-0.25, -0.2) is 0 Å². The van der Waals surface area contributed by atoms with Gasteiger partial charge in [0.1, 0.15) is 11.4 Å². The molecule has 4 rings (SSSR count). The first kappa shape index (κ1) is 27.7. The molecule has 0 radical (unpaired) electrons. The van der Waals surface area contributed by atoms with E-state index in [0.29, 0.717) is 27.2 Å². The van der Waals surface area contributed by atoms with Gasteiger partial charge in [0, 0.05) is 18.1 Å². The van der Waals surface area contributed by atoms with Crippen molar-refractivity contribution in [2.45, 2.75) is 24.2 Å². The predicted octanol–water partition coefficient (Wildman–Crippen LogP) is 4.77. The number of ether oxygens (including phenoxy) is 1. The van der Waals surface area contributed by atoms with Crippen molar-refractivity contribution in [3.05, 3.63) is 55.5 Å². The zero-order chi connectivity index (χ0) is 26.7. The van der Waals surface area contributed by atoms with Gasteiger partial charge in [0.05, 0.1) is 15.6 Å². The molecule has 0 N–H and O–H groups in total. The van der Waals surface area contributed by atoms with Gasteiger partial charge in [0.2, 0.25) is 5.91 Å². The molecule has 2 fully saturated rings. The van der Waals surface area contributed by atoms with Crippen LogP contribution in [-0.2, 0) is 19.7 Å². The number of rotatable bonds is 7. The SMILES string of the molecule is COc1cc(/C=C2\SC(=O)N(CC(=O)N3CCCCC3)C2=O)cc(I)c1OS(=O)(=O)c1ccc(Cl)cc1. The Morgan fingerprint density at radius 2 is 1.81 bits per heavy atom. The monoisotopic (exact) mass is 676 g/mol. The van der Waals surface area contributed by atoms with E-state index >= 15 is 0 Å². The van der Waals surface area contributed by atoms with Crippen molar-refractivity contribution >= 4 is 79.2 Å². The Labute approximate surface area is 237 Å². The summed E-state index contributed by atoms with van der Waals surface area (Å²) in [5.74, 6) is -0.700. The van der Waals surface area contributed by atoms with Crippen LogP contribution in [0.25, 0.3) is 6.08 Å². The maximum absolute atomic E-state index is 12.9. The van der Waals surface area contributed by atoms with Crippen LogP contribution < -0.4 is 8.92 Å². The van der Waals surface area contributed by atoms with Gasteiger partial charge >= 0.3 is 10.1 Å². The summed E-state index contributed by atoms with van der Waals surface area (Å²) in [5.41, 5.74) is 0.491. The van der Waals surface area contributed by atoms with E-state index in [0.717, 1.165) is 35.9 Å². The van der Waals surface area contributed by atoms with Crippen LogP contribution in [0.3, 0.4) is 0 Å². The maximum Gasteiger partial charge on any atom is 0.339 e. The molecule has 13 heteroatoms. The van der Waals surface area contributed by atoms with Gasteiger partial charge in [0.25, 0.3) is 11.1 Å². The number of carbonyl (C=O) groups is 3. The summed E-state index contributed by atoms with van der Waals surface area (Å²) >= 11 is 8.48. The van der Waals surface area contributed by atoms with Gasteiger partial charge < -0.3 is 13.8 Å². The fraction of sp³-hybridized carbons (Fsp3) is 0.292. The van der Waals surface area contributed by atoms with Crippen molar-refractivity contribution in [2.24, 2.45) is 0 Å². The smallest absolute Gasteiger partial charge is 0.339 e. The molecule has 0 bridgehead atoms. The van der Waals surface area contributed by atoms with Crippen molar-refractivity contribution in [3.8, 4) is 11.5 Å². The minimum absolute atomic E-state index is 0.0181. The number of hydrogen-bond donors (Lipinski definition) is 0. The molecule has 2 aromatic rings. The zero-order valence-corrected chi connectivity index (χ0v) is 24.2. The van der Waals surface area contributed by atoms with E-state index in [2.05, 4.69) is 0 Å². The number of methoxy groups -OCH3 is 1. The highest BCUT2D eigenvalue weighted by atomic mass is 127. The molecule has 0 spiro atoms. The van der Waals surface area contributed by atoms with Gasteiger partial charge in [-0.1, -0.05) is 11.6 Å². The summed E-state index contributed by atoms with van der Waals surface area (Å²) in [5, 5.41) is -0.131. The van der Waals surface area contributed by atoms with Crippen molar-refractivity contribution in [1.29, 1.82) is 0 Å². The number of nitrogens with zero attached hydrogens (tertiary/aromatic N) is 2. The fourth-order valence-corrected chi connectivity index (χ4v) is 6.64. The number of carbonyl (C=O) groups excluding carboxylic acids is 3. The number of halogens is 2. The van der Waals surface area contributed by atoms with E-state index < -0.39 is 21.3 Å². The predicted molar refractivity (Wildman–Crippen MR) is 148 cm³/mol. The number of piperidine rings is 1. The summed E-state index contributed by atoms with van der Waals surface area (Å²) < 4.78 is 36.6. The Morgan fingerprint density at radius 1 is 1.14 bits per heavy atom. The molecule has 0 aliphatic carbocycles. The molecule has 0 aromatic heterocycles. The first-order valence-corrected chi connectivity index (χ1v) is 14.9. The quantitative estimate of drug-likeness (QED) is 0.235. The lowest BCUT2D eigenvalue weighted by atomic mass is 10.1. The number of hydrogen-bond acceptors (Lipinski definition) is 8. The van der Waals surface area contributed by atoms with Crippen LogP contribution in [0.1, 0.15) is 24.8 Å². The molecule has 196 valence electrons. The molecular formula is C24H22ClIN2O7S2. The maximum atomic E-state index is 12.9. The second-order valence-corrected chi connectivity index (χ2v) is 12.4. The highest BCUT2D eigenvalue weighted by Gasteiger charge is 2.37. The normalized spacial score (nSPS) is 17.4. The van der Waals surface area contributed by atoms with Gasteiger partial charge in [-0.3, -0.25) is 19.3 Å². The Morgan fingerprint density at radius 3 is 2.46 bits per heavy atom. The number of benzene rings is 2. The molecule has 9 nitrogen and oxygen atoms in total. The lowest BCUT2D eigenvalue weighted by Crippen LogP contribution is -2.44. The average molecular weight is 677 g/mol. The Hall–Kier alpha value is -2.29. The highest BCUT2D eigenvalue weighted by molar-refractivity contribution is 14.1. The summed E-state index contributed by atoms with van der Waals surface area (Å²) in [7, 11) is -2.81. The molecule has 2 heterocycles. The fourth-order valence-electron chi connectivity index (χ4n) is 3.83. The lowest BCUT2D eigenvalue weighted by Gasteiger charge is -2.27. The Kier molecular flexibility index (Phi) is 8.71. The summed E-state index contributed by atoms with van der Waals surface area (Å²) in [6.45, 7) is 0.967. The molecule has 2 saturated heterocycles. The number of imide groups is 1. The Balaban J connectivity index is 1.54.